The third-order valence-corrected chi connectivity index (χ3v) is 9.78. The van der Waals surface area contributed by atoms with Crippen LogP contribution in [0.25, 0.3) is 17.2 Å². The van der Waals surface area contributed by atoms with Gasteiger partial charge in [0.15, 0.2) is 17.4 Å². The van der Waals surface area contributed by atoms with Crippen LogP contribution in [0.5, 0.6) is 5.75 Å². The minimum atomic E-state index is -4.62. The number of nitrogens with zero attached hydrogens (tertiary/aromatic N) is 7. The van der Waals surface area contributed by atoms with E-state index >= 15 is 0 Å². The van der Waals surface area contributed by atoms with E-state index in [2.05, 4.69) is 20.4 Å². The lowest BCUT2D eigenvalue weighted by Gasteiger charge is -2.37. The summed E-state index contributed by atoms with van der Waals surface area (Å²) in [5.41, 5.74) is -0.153. The van der Waals surface area contributed by atoms with Crippen molar-refractivity contribution in [2.45, 2.75) is 31.0 Å². The lowest BCUT2D eigenvalue weighted by Crippen LogP contribution is -2.49. The summed E-state index contributed by atoms with van der Waals surface area (Å²) in [6.07, 6.45) is -1.27. The van der Waals surface area contributed by atoms with Gasteiger partial charge in [-0.15, -0.1) is 5.10 Å². The van der Waals surface area contributed by atoms with E-state index in [1.54, 1.807) is 35.1 Å². The highest BCUT2D eigenvalue weighted by atomic mass is 35.5. The second-order valence-electron chi connectivity index (χ2n) is 11.3. The molecule has 1 saturated heterocycles. The molecule has 1 atom stereocenters. The Morgan fingerprint density at radius 2 is 1.70 bits per heavy atom. The van der Waals surface area contributed by atoms with Crippen LogP contribution in [-0.2, 0) is 34.7 Å². The molecule has 0 unspecified atom stereocenters. The lowest BCUT2D eigenvalue weighted by molar-refractivity contribution is -0.137. The first-order valence-electron chi connectivity index (χ1n) is 15.2. The monoisotopic (exact) mass is 748 g/mol. The summed E-state index contributed by atoms with van der Waals surface area (Å²) in [5.74, 6) is -0.216. The van der Waals surface area contributed by atoms with Crippen LogP contribution in [0.15, 0.2) is 64.4 Å². The molecule has 1 aliphatic rings. The Kier molecular flexibility index (Phi) is 9.79. The summed E-state index contributed by atoms with van der Waals surface area (Å²) >= 11 is 12.2. The molecule has 18 heteroatoms. The predicted molar refractivity (Wildman–Crippen MR) is 185 cm³/mol. The van der Waals surface area contributed by atoms with E-state index in [0.29, 0.717) is 54.6 Å². The minimum Gasteiger partial charge on any atom is -0.503 e. The molecule has 0 radical (unpaired) electrons. The number of pyridine rings is 1. The molecule has 2 aromatic carbocycles. The van der Waals surface area contributed by atoms with Crippen LogP contribution in [-0.4, -0.2) is 71.8 Å². The van der Waals surface area contributed by atoms with Crippen molar-refractivity contribution < 1.29 is 27.3 Å². The normalized spacial score (nSPS) is 14.3. The van der Waals surface area contributed by atoms with Gasteiger partial charge in [0.25, 0.3) is 5.56 Å². The molecule has 0 spiro atoms. The Morgan fingerprint density at radius 3 is 2.32 bits per heavy atom. The number of carbonyl (C=O) groups is 1. The Hall–Kier alpha value is -4.67. The zero-order valence-corrected chi connectivity index (χ0v) is 28.9. The van der Waals surface area contributed by atoms with Crippen molar-refractivity contribution in [1.29, 1.82) is 0 Å². The third kappa shape index (κ3) is 6.87. The van der Waals surface area contributed by atoms with Crippen molar-refractivity contribution >= 4 is 62.9 Å². The molecule has 0 aliphatic carbocycles. The molecule has 262 valence electrons. The molecule has 4 heterocycles. The predicted octanol–water partition coefficient (Wildman–Crippen LogP) is 5.25. The van der Waals surface area contributed by atoms with Gasteiger partial charge in [-0.05, 0) is 55.0 Å². The van der Waals surface area contributed by atoms with Gasteiger partial charge in [-0.1, -0.05) is 30.1 Å². The van der Waals surface area contributed by atoms with Gasteiger partial charge in [0.1, 0.15) is 12.2 Å². The largest absolute Gasteiger partial charge is 0.503 e. The summed E-state index contributed by atoms with van der Waals surface area (Å²) in [6.45, 7) is 2.87. The van der Waals surface area contributed by atoms with Gasteiger partial charge in [-0.3, -0.25) is 13.8 Å². The van der Waals surface area contributed by atoms with E-state index in [1.807, 2.05) is 16.7 Å². The Labute approximate surface area is 295 Å². The van der Waals surface area contributed by atoms with Gasteiger partial charge < -0.3 is 24.8 Å². The summed E-state index contributed by atoms with van der Waals surface area (Å²) in [5, 5.41) is 17.4. The molecule has 2 N–H and O–H groups in total. The number of piperazine rings is 1. The lowest BCUT2D eigenvalue weighted by atomic mass is 10.2. The quantitative estimate of drug-likeness (QED) is 0.218. The SMILES string of the molecule is CCc1c(N2CCN(c3nccc(Cl)c3O)CC2)c(=O)n2nc(-c3ccc([S@@](C)=O)cc3)nc2n1CC(=O)Nc1ccc(C(F)(F)F)cc1Cl. The van der Waals surface area contributed by atoms with E-state index in [0.717, 1.165) is 22.7 Å². The number of halogens is 5. The fourth-order valence-electron chi connectivity index (χ4n) is 5.77. The third-order valence-electron chi connectivity index (χ3n) is 8.23. The fraction of sp³-hybridized carbons (Fsp3) is 0.281. The van der Waals surface area contributed by atoms with Crippen LogP contribution in [0.3, 0.4) is 0 Å². The molecule has 50 heavy (non-hydrogen) atoms. The number of carbonyl (C=O) groups excluding carboxylic acids is 1. The molecule has 1 amide bonds. The standard InChI is InChI=1S/C32H29Cl2F3N8O4S/c1-3-24-26(42-12-14-43(15-13-42)29-27(47)21(33)10-11-38-29)30(48)45-31(40-28(41-45)18-4-7-20(8-5-18)50(2)49)44(24)17-25(46)39-23-9-6-19(16-22(23)34)32(35,36)37/h4-11,16,47H,3,12-15,17H2,1-2H3,(H,39,46)/t50-/m1/s1. The number of alkyl halides is 3. The molecule has 12 nitrogen and oxygen atoms in total. The van der Waals surface area contributed by atoms with E-state index in [9.17, 15) is 32.1 Å². The van der Waals surface area contributed by atoms with Gasteiger partial charge in [0.2, 0.25) is 11.7 Å². The average molecular weight is 750 g/mol. The van der Waals surface area contributed by atoms with E-state index in [-0.39, 0.29) is 45.3 Å². The highest BCUT2D eigenvalue weighted by Crippen LogP contribution is 2.35. The number of rotatable bonds is 8. The van der Waals surface area contributed by atoms with Gasteiger partial charge in [-0.2, -0.15) is 22.7 Å². The number of aromatic hydroxyl groups is 1. The summed E-state index contributed by atoms with van der Waals surface area (Å²) in [6, 6.07) is 10.8. The smallest absolute Gasteiger partial charge is 0.416 e. The topological polar surface area (TPSA) is 138 Å². The molecular weight excluding hydrogens is 720 g/mol. The van der Waals surface area contributed by atoms with Gasteiger partial charge in [0, 0.05) is 59.9 Å². The van der Waals surface area contributed by atoms with E-state index in [4.69, 9.17) is 23.2 Å². The van der Waals surface area contributed by atoms with Crippen LogP contribution >= 0.6 is 23.2 Å². The number of hydrogen-bond donors (Lipinski definition) is 2. The second kappa shape index (κ2) is 13.9. The van der Waals surface area contributed by atoms with Crippen LogP contribution in [0.2, 0.25) is 10.0 Å². The second-order valence-corrected chi connectivity index (χ2v) is 13.5. The first kappa shape index (κ1) is 35.2. The fourth-order valence-corrected chi connectivity index (χ4v) is 6.65. The Bertz CT molecular complexity index is 2190. The van der Waals surface area contributed by atoms with Crippen LogP contribution in [0.4, 0.5) is 30.4 Å². The van der Waals surface area contributed by atoms with Gasteiger partial charge in [0.05, 0.1) is 27.0 Å². The number of benzene rings is 2. The number of nitrogens with one attached hydrogen (secondary N) is 1. The minimum absolute atomic E-state index is 0.0236. The number of anilines is 3. The molecule has 0 bridgehead atoms. The average Bonchev–Trinajstić information content (AvgIpc) is 3.54. The van der Waals surface area contributed by atoms with Crippen molar-refractivity contribution in [3.63, 3.8) is 0 Å². The molecule has 1 aliphatic heterocycles. The maximum atomic E-state index is 14.2. The molecular formula is C32H29Cl2F3N8O4S. The molecule has 6 rings (SSSR count). The highest BCUT2D eigenvalue weighted by molar-refractivity contribution is 7.84. The summed E-state index contributed by atoms with van der Waals surface area (Å²) < 4.78 is 54.2. The Balaban J connectivity index is 1.40. The van der Waals surface area contributed by atoms with Crippen molar-refractivity contribution in [2.24, 2.45) is 0 Å². The molecule has 1 fully saturated rings. The Morgan fingerprint density at radius 1 is 1.02 bits per heavy atom. The highest BCUT2D eigenvalue weighted by Gasteiger charge is 2.32. The van der Waals surface area contributed by atoms with E-state index in [1.165, 1.54) is 12.3 Å². The van der Waals surface area contributed by atoms with E-state index < -0.39 is 34.0 Å². The van der Waals surface area contributed by atoms with Crippen molar-refractivity contribution in [3.05, 3.63) is 86.4 Å². The number of aromatic nitrogens is 5. The van der Waals surface area contributed by atoms with Crippen molar-refractivity contribution in [3.8, 4) is 17.1 Å². The van der Waals surface area contributed by atoms with Gasteiger partial charge >= 0.3 is 6.18 Å². The maximum absolute atomic E-state index is 14.2. The summed E-state index contributed by atoms with van der Waals surface area (Å²) in [7, 11) is -1.22. The number of fused-ring (bicyclic) bond motifs is 1. The number of amides is 1. The first-order chi connectivity index (χ1) is 23.8. The van der Waals surface area contributed by atoms with Crippen molar-refractivity contribution in [1.82, 2.24) is 24.1 Å². The van der Waals surface area contributed by atoms with Crippen LogP contribution < -0.4 is 20.7 Å². The first-order valence-corrected chi connectivity index (χ1v) is 17.5. The molecule has 0 saturated carbocycles. The van der Waals surface area contributed by atoms with Crippen molar-refractivity contribution in [2.75, 3.05) is 47.6 Å². The van der Waals surface area contributed by atoms with Crippen LogP contribution in [0.1, 0.15) is 18.2 Å². The summed E-state index contributed by atoms with van der Waals surface area (Å²) in [4.78, 5) is 40.9. The zero-order valence-electron chi connectivity index (χ0n) is 26.5. The molecule has 3 aromatic heterocycles. The maximum Gasteiger partial charge on any atom is 0.416 e. The zero-order chi connectivity index (χ0) is 35.9. The van der Waals surface area contributed by atoms with Crippen LogP contribution in [0, 0.1) is 0 Å². The van der Waals surface area contributed by atoms with Gasteiger partial charge in [-0.25, -0.2) is 4.98 Å². The molecule has 5 aromatic rings. The number of hydrogen-bond acceptors (Lipinski definition) is 9.